The molecule has 8 heteroatoms. The number of aromatic nitrogens is 2. The molecule has 0 amide bonds. The number of nitrogens with zero attached hydrogens (tertiary/aromatic N) is 4. The number of nitrogens with two attached hydrogens (primary N) is 1. The monoisotopic (exact) mass is 289 g/mol. The minimum atomic E-state index is -3.57. The number of likely N-dealkylation sites (N-methyl/N-ethyl adjacent to an activating group) is 1. The summed E-state index contributed by atoms with van der Waals surface area (Å²) in [5.41, 5.74) is 5.67. The number of aryl methyl sites for hydroxylation is 1. The van der Waals surface area contributed by atoms with Crippen molar-refractivity contribution in [3.63, 3.8) is 0 Å². The fraction of sp³-hybridized carbons (Fsp3) is 0.727. The molecule has 0 aliphatic rings. The van der Waals surface area contributed by atoms with Gasteiger partial charge in [-0.2, -0.15) is 9.40 Å². The summed E-state index contributed by atoms with van der Waals surface area (Å²) >= 11 is 0. The van der Waals surface area contributed by atoms with Crippen molar-refractivity contribution < 1.29 is 8.42 Å². The lowest BCUT2D eigenvalue weighted by molar-refractivity contribution is 0.333. The van der Waals surface area contributed by atoms with Gasteiger partial charge < -0.3 is 10.6 Å². The van der Waals surface area contributed by atoms with Crippen molar-refractivity contribution in [3.8, 4) is 0 Å². The lowest BCUT2D eigenvalue weighted by Crippen LogP contribution is -2.37. The van der Waals surface area contributed by atoms with Gasteiger partial charge >= 0.3 is 0 Å². The van der Waals surface area contributed by atoms with Crippen molar-refractivity contribution in [1.29, 1.82) is 0 Å². The first kappa shape index (κ1) is 15.9. The maximum absolute atomic E-state index is 12.5. The van der Waals surface area contributed by atoms with Crippen LogP contribution < -0.4 is 5.73 Å². The van der Waals surface area contributed by atoms with Gasteiger partial charge in [0.2, 0.25) is 10.0 Å². The number of nitrogen functional groups attached to an aromatic ring is 1. The number of hydrogen-bond acceptors (Lipinski definition) is 5. The molecule has 7 nitrogen and oxygen atoms in total. The average molecular weight is 289 g/mol. The molecule has 0 aliphatic heterocycles. The Bertz CT molecular complexity index is 509. The van der Waals surface area contributed by atoms with Crippen LogP contribution in [0.5, 0.6) is 0 Å². The largest absolute Gasteiger partial charge is 0.381 e. The summed E-state index contributed by atoms with van der Waals surface area (Å²) in [6.07, 6.45) is 2.20. The Balaban J connectivity index is 3.02. The molecule has 0 atom stereocenters. The zero-order valence-electron chi connectivity index (χ0n) is 12.0. The average Bonchev–Trinajstić information content (AvgIpc) is 2.64. The molecule has 1 heterocycles. The van der Waals surface area contributed by atoms with E-state index in [1.807, 2.05) is 25.9 Å². The summed E-state index contributed by atoms with van der Waals surface area (Å²) in [5.74, 6) is 0.0495. The van der Waals surface area contributed by atoms with Gasteiger partial charge in [0.1, 0.15) is 4.90 Å². The van der Waals surface area contributed by atoms with E-state index in [1.54, 1.807) is 7.05 Å². The van der Waals surface area contributed by atoms with Crippen molar-refractivity contribution in [1.82, 2.24) is 19.0 Å². The van der Waals surface area contributed by atoms with Gasteiger partial charge in [-0.1, -0.05) is 6.92 Å². The molecule has 0 aromatic carbocycles. The van der Waals surface area contributed by atoms with Crippen LogP contribution in [0, 0.1) is 0 Å². The van der Waals surface area contributed by atoms with E-state index in [4.69, 9.17) is 5.73 Å². The van der Waals surface area contributed by atoms with Gasteiger partial charge in [0.15, 0.2) is 5.82 Å². The minimum absolute atomic E-state index is 0.0495. The smallest absolute Gasteiger partial charge is 0.248 e. The first-order valence-corrected chi connectivity index (χ1v) is 7.67. The van der Waals surface area contributed by atoms with Crippen molar-refractivity contribution in [3.05, 3.63) is 6.20 Å². The second-order valence-electron chi connectivity index (χ2n) is 4.76. The normalized spacial score (nSPS) is 12.5. The zero-order valence-corrected chi connectivity index (χ0v) is 12.8. The fourth-order valence-electron chi connectivity index (χ4n) is 1.73. The Kier molecular flexibility index (Phi) is 5.33. The van der Waals surface area contributed by atoms with Gasteiger partial charge in [-0.25, -0.2) is 8.42 Å². The van der Waals surface area contributed by atoms with Crippen LogP contribution in [-0.2, 0) is 17.1 Å². The van der Waals surface area contributed by atoms with Crippen molar-refractivity contribution >= 4 is 15.8 Å². The lowest BCUT2D eigenvalue weighted by Gasteiger charge is -2.22. The van der Waals surface area contributed by atoms with Gasteiger partial charge in [-0.05, 0) is 20.5 Å². The van der Waals surface area contributed by atoms with Crippen LogP contribution in [-0.4, -0.2) is 61.1 Å². The summed E-state index contributed by atoms with van der Waals surface area (Å²) in [5, 5.41) is 3.89. The lowest BCUT2D eigenvalue weighted by atomic mass is 10.4. The van der Waals surface area contributed by atoms with E-state index in [0.29, 0.717) is 19.6 Å². The molecule has 0 aliphatic carbocycles. The van der Waals surface area contributed by atoms with E-state index in [-0.39, 0.29) is 10.7 Å². The molecule has 1 aromatic rings. The van der Waals surface area contributed by atoms with Gasteiger partial charge in [0, 0.05) is 32.9 Å². The third kappa shape index (κ3) is 3.92. The van der Waals surface area contributed by atoms with Crippen LogP contribution >= 0.6 is 0 Å². The van der Waals surface area contributed by atoms with Crippen LogP contribution in [0.25, 0.3) is 0 Å². The summed E-state index contributed by atoms with van der Waals surface area (Å²) in [6, 6.07) is 0. The van der Waals surface area contributed by atoms with Gasteiger partial charge in [0.25, 0.3) is 0 Å². The highest BCUT2D eigenvalue weighted by molar-refractivity contribution is 7.89. The first-order valence-electron chi connectivity index (χ1n) is 6.23. The molecule has 1 aromatic heterocycles. The van der Waals surface area contributed by atoms with Crippen LogP contribution in [0.15, 0.2) is 11.1 Å². The van der Waals surface area contributed by atoms with Crippen molar-refractivity contribution in [2.75, 3.05) is 39.5 Å². The molecule has 0 saturated carbocycles. The molecule has 1 rings (SSSR count). The van der Waals surface area contributed by atoms with Crippen molar-refractivity contribution in [2.45, 2.75) is 18.2 Å². The Morgan fingerprint density at radius 1 is 1.32 bits per heavy atom. The highest BCUT2D eigenvalue weighted by atomic mass is 32.2. The molecule has 0 saturated heterocycles. The Morgan fingerprint density at radius 2 is 1.95 bits per heavy atom. The summed E-state index contributed by atoms with van der Waals surface area (Å²) in [6.45, 7) is 3.53. The Hall–Kier alpha value is -1.12. The second-order valence-corrected chi connectivity index (χ2v) is 6.67. The highest BCUT2D eigenvalue weighted by Crippen LogP contribution is 2.20. The number of anilines is 1. The van der Waals surface area contributed by atoms with E-state index in [2.05, 4.69) is 5.10 Å². The predicted octanol–water partition coefficient (Wildman–Crippen LogP) is -0.0354. The Morgan fingerprint density at radius 3 is 2.37 bits per heavy atom. The highest BCUT2D eigenvalue weighted by Gasteiger charge is 2.27. The molecule has 19 heavy (non-hydrogen) atoms. The summed E-state index contributed by atoms with van der Waals surface area (Å²) in [7, 11) is 1.91. The van der Waals surface area contributed by atoms with E-state index < -0.39 is 10.0 Å². The van der Waals surface area contributed by atoms with E-state index in [0.717, 1.165) is 6.42 Å². The maximum atomic E-state index is 12.5. The van der Waals surface area contributed by atoms with E-state index in [9.17, 15) is 8.42 Å². The van der Waals surface area contributed by atoms with Crippen LogP contribution in [0.4, 0.5) is 5.82 Å². The van der Waals surface area contributed by atoms with Crippen LogP contribution in [0.3, 0.4) is 0 Å². The van der Waals surface area contributed by atoms with Crippen LogP contribution in [0.1, 0.15) is 13.3 Å². The van der Waals surface area contributed by atoms with Gasteiger partial charge in [-0.15, -0.1) is 0 Å². The van der Waals surface area contributed by atoms with Gasteiger partial charge in [-0.3, -0.25) is 4.68 Å². The third-order valence-corrected chi connectivity index (χ3v) is 4.62. The fourth-order valence-corrected chi connectivity index (χ4v) is 3.35. The molecule has 2 N–H and O–H groups in total. The number of sulfonamides is 1. The topological polar surface area (TPSA) is 84.5 Å². The molecular weight excluding hydrogens is 266 g/mol. The molecule has 0 unspecified atom stereocenters. The zero-order chi connectivity index (χ0) is 14.6. The minimum Gasteiger partial charge on any atom is -0.381 e. The SMILES string of the molecule is CCCN(CCN(C)C)S(=O)(=O)c1cn(C)nc1N. The summed E-state index contributed by atoms with van der Waals surface area (Å²) < 4.78 is 28.0. The Labute approximate surface area is 115 Å². The third-order valence-electron chi connectivity index (χ3n) is 2.71. The van der Waals surface area contributed by atoms with Crippen molar-refractivity contribution in [2.24, 2.45) is 7.05 Å². The van der Waals surface area contributed by atoms with E-state index >= 15 is 0 Å². The number of rotatable bonds is 7. The van der Waals surface area contributed by atoms with E-state index in [1.165, 1.54) is 15.2 Å². The quantitative estimate of drug-likeness (QED) is 0.761. The van der Waals surface area contributed by atoms with Crippen LogP contribution in [0.2, 0.25) is 0 Å². The summed E-state index contributed by atoms with van der Waals surface area (Å²) in [4.78, 5) is 2.03. The standard InChI is InChI=1S/C11H23N5O2S/c1-5-6-16(8-7-14(2)3)19(17,18)10-9-15(4)13-11(10)12/h9H,5-8H2,1-4H3,(H2,12,13). The maximum Gasteiger partial charge on any atom is 0.248 e. The molecule has 0 spiro atoms. The van der Waals surface area contributed by atoms with Gasteiger partial charge in [0.05, 0.1) is 0 Å². The molecule has 110 valence electrons. The molecular formula is C11H23N5O2S. The molecule has 0 radical (unpaired) electrons. The molecule has 0 bridgehead atoms. The predicted molar refractivity (Wildman–Crippen MR) is 75.2 cm³/mol. The number of hydrogen-bond donors (Lipinski definition) is 1. The second kappa shape index (κ2) is 6.36. The first-order chi connectivity index (χ1) is 8.78. The molecule has 0 fully saturated rings.